The van der Waals surface area contributed by atoms with E-state index in [1.807, 2.05) is 0 Å². The highest BCUT2D eigenvalue weighted by Gasteiger charge is 2.23. The van der Waals surface area contributed by atoms with E-state index in [-0.39, 0.29) is 26.4 Å². The van der Waals surface area contributed by atoms with Gasteiger partial charge in [-0.25, -0.2) is 8.42 Å². The van der Waals surface area contributed by atoms with E-state index in [1.165, 1.54) is 48.5 Å². The molecule has 0 aliphatic heterocycles. The van der Waals surface area contributed by atoms with Crippen molar-refractivity contribution in [2.75, 3.05) is 9.44 Å². The van der Waals surface area contributed by atoms with Gasteiger partial charge in [0.2, 0.25) is 5.09 Å². The molecule has 0 spiro atoms. The Kier molecular flexibility index (Phi) is 6.97. The summed E-state index contributed by atoms with van der Waals surface area (Å²) < 4.78 is 68.2. The number of hydrogen-bond acceptors (Lipinski definition) is 6. The summed E-state index contributed by atoms with van der Waals surface area (Å²) >= 11 is 12.2. The second-order valence-corrected chi connectivity index (χ2v) is 12.1. The first-order valence-corrected chi connectivity index (χ1v) is 14.7. The molecule has 0 fully saturated rings. The molecule has 38 heavy (non-hydrogen) atoms. The molecule has 4 aromatic carbocycles. The molecule has 5 rings (SSSR count). The lowest BCUT2D eigenvalue weighted by Crippen LogP contribution is -2.17. The largest absolute Gasteiger partial charge is 0.456 e. The molecule has 8 nitrogen and oxygen atoms in total. The first kappa shape index (κ1) is 25.9. The predicted molar refractivity (Wildman–Crippen MR) is 147 cm³/mol. The van der Waals surface area contributed by atoms with Gasteiger partial charge in [-0.1, -0.05) is 53.5 Å². The summed E-state index contributed by atoms with van der Waals surface area (Å²) in [6.07, 6.45) is 0. The Morgan fingerprint density at radius 1 is 0.684 bits per heavy atom. The third kappa shape index (κ3) is 5.58. The molecular formula is C26H18Cl2N2O6S2. The fraction of sp³-hybridized carbons (Fsp3) is 0. The Bertz CT molecular complexity index is 1820. The van der Waals surface area contributed by atoms with Gasteiger partial charge in [0, 0.05) is 16.5 Å². The van der Waals surface area contributed by atoms with Gasteiger partial charge < -0.3 is 9.15 Å². The number of fused-ring (bicyclic) bond motifs is 1. The average molecular weight is 589 g/mol. The molecule has 0 atom stereocenters. The van der Waals surface area contributed by atoms with Crippen LogP contribution in [0.5, 0.6) is 11.5 Å². The molecule has 1 heterocycles. The van der Waals surface area contributed by atoms with E-state index < -0.39 is 20.0 Å². The zero-order valence-corrected chi connectivity index (χ0v) is 22.4. The minimum atomic E-state index is -4.21. The van der Waals surface area contributed by atoms with Gasteiger partial charge >= 0.3 is 0 Å². The highest BCUT2D eigenvalue weighted by atomic mass is 35.5. The molecule has 1 aromatic heterocycles. The van der Waals surface area contributed by atoms with Gasteiger partial charge in [0.1, 0.15) is 17.1 Å². The Morgan fingerprint density at radius 3 is 2.11 bits per heavy atom. The van der Waals surface area contributed by atoms with Gasteiger partial charge in [0.15, 0.2) is 0 Å². The van der Waals surface area contributed by atoms with E-state index in [1.54, 1.807) is 48.5 Å². The first-order valence-electron chi connectivity index (χ1n) is 11.0. The Labute approximate surface area is 228 Å². The summed E-state index contributed by atoms with van der Waals surface area (Å²) in [5, 5.41) is 0.867. The van der Waals surface area contributed by atoms with Crippen LogP contribution in [0.15, 0.2) is 111 Å². The molecule has 194 valence electrons. The molecule has 0 amide bonds. The maximum atomic E-state index is 13.1. The molecule has 0 aliphatic carbocycles. The average Bonchev–Trinajstić information content (AvgIpc) is 3.33. The van der Waals surface area contributed by atoms with Crippen molar-refractivity contribution in [2.24, 2.45) is 0 Å². The van der Waals surface area contributed by atoms with Crippen LogP contribution in [-0.4, -0.2) is 16.8 Å². The molecular weight excluding hydrogens is 571 g/mol. The van der Waals surface area contributed by atoms with Gasteiger partial charge in [-0.2, -0.15) is 8.42 Å². The predicted octanol–water partition coefficient (Wildman–Crippen LogP) is 7.13. The number of para-hydroxylation sites is 2. The van der Waals surface area contributed by atoms with Crippen molar-refractivity contribution in [3.63, 3.8) is 0 Å². The Balaban J connectivity index is 1.39. The monoisotopic (exact) mass is 588 g/mol. The summed E-state index contributed by atoms with van der Waals surface area (Å²) in [4.78, 5) is -0.0787. The quantitative estimate of drug-likeness (QED) is 0.199. The molecule has 0 unspecified atom stereocenters. The molecule has 0 radical (unpaired) electrons. The van der Waals surface area contributed by atoms with Gasteiger partial charge in [0.05, 0.1) is 21.3 Å². The third-order valence-corrected chi connectivity index (χ3v) is 8.48. The van der Waals surface area contributed by atoms with Crippen LogP contribution in [-0.2, 0) is 20.0 Å². The van der Waals surface area contributed by atoms with Gasteiger partial charge in [-0.15, -0.1) is 0 Å². The van der Waals surface area contributed by atoms with Crippen LogP contribution < -0.4 is 14.2 Å². The van der Waals surface area contributed by atoms with Crippen molar-refractivity contribution in [1.82, 2.24) is 0 Å². The maximum Gasteiger partial charge on any atom is 0.295 e. The number of benzene rings is 4. The second kappa shape index (κ2) is 10.2. The maximum absolute atomic E-state index is 13.1. The fourth-order valence-electron chi connectivity index (χ4n) is 3.52. The number of halogens is 2. The van der Waals surface area contributed by atoms with Crippen molar-refractivity contribution in [1.29, 1.82) is 0 Å². The summed E-state index contributed by atoms with van der Waals surface area (Å²) in [5.74, 6) is 0.799. The van der Waals surface area contributed by atoms with Crippen LogP contribution in [0.2, 0.25) is 10.0 Å². The molecule has 5 aromatic rings. The SMILES string of the molecule is O=S(=O)(Nc1ccc(Cl)cc1NS(=O)(=O)c1cc2ccccc2o1)c1ccc(Oc2ccccc2Cl)cc1. The van der Waals surface area contributed by atoms with Crippen molar-refractivity contribution in [3.05, 3.63) is 107 Å². The number of ether oxygens (including phenoxy) is 1. The van der Waals surface area contributed by atoms with E-state index in [4.69, 9.17) is 32.4 Å². The number of sulfonamides is 2. The van der Waals surface area contributed by atoms with Crippen molar-refractivity contribution in [3.8, 4) is 11.5 Å². The molecule has 0 saturated carbocycles. The number of rotatable bonds is 8. The zero-order valence-electron chi connectivity index (χ0n) is 19.3. The summed E-state index contributed by atoms with van der Waals surface area (Å²) in [7, 11) is -8.33. The summed E-state index contributed by atoms with van der Waals surface area (Å²) in [6, 6.07) is 24.8. The lowest BCUT2D eigenvalue weighted by atomic mass is 10.3. The minimum absolute atomic E-state index is 0.0366. The highest BCUT2D eigenvalue weighted by Crippen LogP contribution is 2.33. The van der Waals surface area contributed by atoms with Crippen LogP contribution in [0.25, 0.3) is 11.0 Å². The minimum Gasteiger partial charge on any atom is -0.456 e. The molecule has 0 saturated heterocycles. The lowest BCUT2D eigenvalue weighted by molar-refractivity contribution is 0.482. The molecule has 0 aliphatic rings. The van der Waals surface area contributed by atoms with E-state index in [9.17, 15) is 16.8 Å². The number of nitrogens with one attached hydrogen (secondary N) is 2. The number of anilines is 2. The standard InChI is InChI=1S/C26H18Cl2N2O6S2/c27-18-9-14-22(23(16-18)30-38(33,34)26-15-17-5-1-3-7-24(17)36-26)29-37(31,32)20-12-10-19(11-13-20)35-25-8-4-2-6-21(25)28/h1-16,29-30H. The normalized spacial score (nSPS) is 11.8. The van der Waals surface area contributed by atoms with E-state index >= 15 is 0 Å². The van der Waals surface area contributed by atoms with Gasteiger partial charge in [-0.3, -0.25) is 9.44 Å². The highest BCUT2D eigenvalue weighted by molar-refractivity contribution is 7.93. The van der Waals surface area contributed by atoms with Crippen LogP contribution in [0.1, 0.15) is 0 Å². The van der Waals surface area contributed by atoms with Gasteiger partial charge in [-0.05, 0) is 60.7 Å². The number of furan rings is 1. The van der Waals surface area contributed by atoms with Gasteiger partial charge in [0.25, 0.3) is 20.0 Å². The summed E-state index contributed by atoms with van der Waals surface area (Å²) in [6.45, 7) is 0. The molecule has 0 bridgehead atoms. The number of hydrogen-bond donors (Lipinski definition) is 2. The Hall–Kier alpha value is -3.70. The Morgan fingerprint density at radius 2 is 1.37 bits per heavy atom. The lowest BCUT2D eigenvalue weighted by Gasteiger charge is -2.15. The van der Waals surface area contributed by atoms with E-state index in [2.05, 4.69) is 9.44 Å². The zero-order chi connectivity index (χ0) is 26.9. The van der Waals surface area contributed by atoms with Crippen molar-refractivity contribution >= 4 is 65.6 Å². The first-order chi connectivity index (χ1) is 18.1. The smallest absolute Gasteiger partial charge is 0.295 e. The van der Waals surface area contributed by atoms with Crippen LogP contribution >= 0.6 is 23.2 Å². The molecule has 2 N–H and O–H groups in total. The third-order valence-electron chi connectivity index (χ3n) is 5.34. The fourth-order valence-corrected chi connectivity index (χ4v) is 5.99. The van der Waals surface area contributed by atoms with E-state index in [0.29, 0.717) is 27.5 Å². The van der Waals surface area contributed by atoms with Crippen LogP contribution in [0.4, 0.5) is 11.4 Å². The van der Waals surface area contributed by atoms with E-state index in [0.717, 1.165) is 0 Å². The molecule has 12 heteroatoms. The topological polar surface area (TPSA) is 115 Å². The van der Waals surface area contributed by atoms with Crippen LogP contribution in [0.3, 0.4) is 0 Å². The van der Waals surface area contributed by atoms with Crippen LogP contribution in [0, 0.1) is 0 Å². The second-order valence-electron chi connectivity index (χ2n) is 8.01. The summed E-state index contributed by atoms with van der Waals surface area (Å²) in [5.41, 5.74) is 0.271. The van der Waals surface area contributed by atoms with Crippen molar-refractivity contribution < 1.29 is 26.0 Å². The van der Waals surface area contributed by atoms with Crippen molar-refractivity contribution in [2.45, 2.75) is 9.99 Å².